The molecule has 3 heterocycles. The number of fused-ring (bicyclic) bond motifs is 1. The van der Waals surface area contributed by atoms with E-state index < -0.39 is 0 Å². The first-order valence-corrected chi connectivity index (χ1v) is 9.82. The van der Waals surface area contributed by atoms with Crippen LogP contribution in [0.15, 0.2) is 42.5 Å². The molecule has 0 radical (unpaired) electrons. The van der Waals surface area contributed by atoms with E-state index in [1.165, 1.54) is 21.0 Å². The molecule has 0 unspecified atom stereocenters. The predicted molar refractivity (Wildman–Crippen MR) is 103 cm³/mol. The minimum Gasteiger partial charge on any atom is -0.375 e. The van der Waals surface area contributed by atoms with Gasteiger partial charge in [0.2, 0.25) is 0 Å². The third-order valence-corrected chi connectivity index (χ3v) is 5.89. The number of hydrogen-bond donors (Lipinski definition) is 0. The number of aromatic nitrogens is 3. The van der Waals surface area contributed by atoms with Gasteiger partial charge in [-0.05, 0) is 24.6 Å². The number of aryl methyl sites for hydroxylation is 2. The fraction of sp³-hybridized carbons (Fsp3) is 0.400. The molecular formula is C20H24N4OS. The van der Waals surface area contributed by atoms with E-state index in [2.05, 4.69) is 46.4 Å². The van der Waals surface area contributed by atoms with Crippen molar-refractivity contribution in [2.24, 2.45) is 7.05 Å². The number of rotatable bonds is 6. The Morgan fingerprint density at radius 1 is 1.19 bits per heavy atom. The monoisotopic (exact) mass is 368 g/mol. The highest BCUT2D eigenvalue weighted by Crippen LogP contribution is 2.31. The van der Waals surface area contributed by atoms with Crippen molar-refractivity contribution in [1.29, 1.82) is 0 Å². The van der Waals surface area contributed by atoms with E-state index in [9.17, 15) is 0 Å². The molecule has 0 fully saturated rings. The van der Waals surface area contributed by atoms with E-state index in [1.54, 1.807) is 0 Å². The lowest BCUT2D eigenvalue weighted by Gasteiger charge is -2.34. The summed E-state index contributed by atoms with van der Waals surface area (Å²) in [6, 6.07) is 14.9. The standard InChI is InChI=1S/C20H24N4OS/c1-15-8-9-17(26-15)12-24-11-10-18-20(21-22-23(18)2)19(24)14-25-13-16-6-4-3-5-7-16/h3-9,19H,10-14H2,1-2H3/t19-/m1/s1. The zero-order valence-electron chi connectivity index (χ0n) is 15.3. The third kappa shape index (κ3) is 3.72. The van der Waals surface area contributed by atoms with Crippen molar-refractivity contribution >= 4 is 11.3 Å². The van der Waals surface area contributed by atoms with Crippen molar-refractivity contribution in [3.63, 3.8) is 0 Å². The average Bonchev–Trinajstić information content (AvgIpc) is 3.23. The topological polar surface area (TPSA) is 43.2 Å². The first kappa shape index (κ1) is 17.4. The molecule has 3 aromatic rings. The van der Waals surface area contributed by atoms with Crippen molar-refractivity contribution in [3.05, 3.63) is 69.2 Å². The molecule has 26 heavy (non-hydrogen) atoms. The molecule has 6 heteroatoms. The summed E-state index contributed by atoms with van der Waals surface area (Å²) in [4.78, 5) is 5.23. The van der Waals surface area contributed by atoms with Gasteiger partial charge in [0.15, 0.2) is 0 Å². The maximum atomic E-state index is 6.08. The summed E-state index contributed by atoms with van der Waals surface area (Å²) in [5.74, 6) is 0. The second kappa shape index (κ2) is 7.70. The molecule has 4 rings (SSSR count). The second-order valence-corrected chi connectivity index (χ2v) is 8.17. The largest absolute Gasteiger partial charge is 0.375 e. The lowest BCUT2D eigenvalue weighted by atomic mass is 10.0. The fourth-order valence-corrected chi connectivity index (χ4v) is 4.44. The lowest BCUT2D eigenvalue weighted by Crippen LogP contribution is -2.37. The van der Waals surface area contributed by atoms with Crippen molar-refractivity contribution in [1.82, 2.24) is 19.9 Å². The summed E-state index contributed by atoms with van der Waals surface area (Å²) in [7, 11) is 1.98. The minimum atomic E-state index is 0.151. The molecule has 0 N–H and O–H groups in total. The molecule has 0 amide bonds. The Morgan fingerprint density at radius 2 is 2.04 bits per heavy atom. The van der Waals surface area contributed by atoms with Crippen LogP contribution in [-0.4, -0.2) is 33.0 Å². The lowest BCUT2D eigenvalue weighted by molar-refractivity contribution is 0.0393. The Balaban J connectivity index is 1.49. The molecule has 1 atom stereocenters. The van der Waals surface area contributed by atoms with Crippen LogP contribution in [0.25, 0.3) is 0 Å². The molecule has 1 aliphatic rings. The van der Waals surface area contributed by atoms with Gasteiger partial charge in [-0.3, -0.25) is 9.58 Å². The van der Waals surface area contributed by atoms with Crippen LogP contribution in [0, 0.1) is 6.92 Å². The second-order valence-electron chi connectivity index (χ2n) is 6.79. The first-order valence-electron chi connectivity index (χ1n) is 9.00. The van der Waals surface area contributed by atoms with Crippen LogP contribution in [-0.2, 0) is 31.4 Å². The molecule has 5 nitrogen and oxygen atoms in total. The third-order valence-electron chi connectivity index (χ3n) is 4.91. The van der Waals surface area contributed by atoms with Gasteiger partial charge < -0.3 is 4.74 Å². The maximum absolute atomic E-state index is 6.08. The van der Waals surface area contributed by atoms with Crippen LogP contribution in [0.5, 0.6) is 0 Å². The van der Waals surface area contributed by atoms with E-state index in [0.717, 1.165) is 25.2 Å². The van der Waals surface area contributed by atoms with Gasteiger partial charge in [-0.25, -0.2) is 0 Å². The predicted octanol–water partition coefficient (Wildman–Crippen LogP) is 3.50. The minimum absolute atomic E-state index is 0.151. The van der Waals surface area contributed by atoms with E-state index in [-0.39, 0.29) is 6.04 Å². The van der Waals surface area contributed by atoms with Crippen LogP contribution < -0.4 is 0 Å². The fourth-order valence-electron chi connectivity index (χ4n) is 3.53. The molecular weight excluding hydrogens is 344 g/mol. The highest BCUT2D eigenvalue weighted by molar-refractivity contribution is 7.11. The molecule has 0 bridgehead atoms. The average molecular weight is 369 g/mol. The molecule has 1 aromatic carbocycles. The summed E-state index contributed by atoms with van der Waals surface area (Å²) in [6.45, 7) is 5.36. The van der Waals surface area contributed by atoms with E-state index in [0.29, 0.717) is 13.2 Å². The first-order chi connectivity index (χ1) is 12.7. The van der Waals surface area contributed by atoms with Gasteiger partial charge in [0.25, 0.3) is 0 Å². The zero-order valence-corrected chi connectivity index (χ0v) is 16.1. The Morgan fingerprint density at radius 3 is 2.81 bits per heavy atom. The Labute approximate surface area is 158 Å². The Kier molecular flexibility index (Phi) is 5.15. The zero-order chi connectivity index (χ0) is 17.9. The summed E-state index contributed by atoms with van der Waals surface area (Å²) in [5, 5.41) is 8.70. The van der Waals surface area contributed by atoms with Crippen LogP contribution in [0.3, 0.4) is 0 Å². The van der Waals surface area contributed by atoms with Crippen molar-refractivity contribution in [2.75, 3.05) is 13.2 Å². The summed E-state index contributed by atoms with van der Waals surface area (Å²) in [6.07, 6.45) is 0.984. The number of benzene rings is 1. The van der Waals surface area contributed by atoms with Crippen LogP contribution >= 0.6 is 11.3 Å². The maximum Gasteiger partial charge on any atom is 0.105 e. The van der Waals surface area contributed by atoms with Crippen molar-refractivity contribution in [3.8, 4) is 0 Å². The van der Waals surface area contributed by atoms with E-state index in [1.807, 2.05) is 41.3 Å². The SMILES string of the molecule is Cc1ccc(CN2CCc3c(nnn3C)[C@H]2COCc2ccccc2)s1. The Bertz CT molecular complexity index is 858. The molecule has 136 valence electrons. The van der Waals surface area contributed by atoms with Crippen LogP contribution in [0.1, 0.15) is 32.7 Å². The van der Waals surface area contributed by atoms with Gasteiger partial charge in [0.1, 0.15) is 5.69 Å². The van der Waals surface area contributed by atoms with Gasteiger partial charge in [-0.1, -0.05) is 35.5 Å². The molecule has 1 aliphatic heterocycles. The normalized spacial score (nSPS) is 17.4. The number of thiophene rings is 1. The van der Waals surface area contributed by atoms with E-state index >= 15 is 0 Å². The highest BCUT2D eigenvalue weighted by Gasteiger charge is 2.32. The molecule has 0 aliphatic carbocycles. The molecule has 0 saturated carbocycles. The van der Waals surface area contributed by atoms with Gasteiger partial charge in [0, 0.05) is 36.3 Å². The van der Waals surface area contributed by atoms with Crippen LogP contribution in [0.2, 0.25) is 0 Å². The van der Waals surface area contributed by atoms with Crippen molar-refractivity contribution in [2.45, 2.75) is 32.5 Å². The van der Waals surface area contributed by atoms with Gasteiger partial charge in [-0.15, -0.1) is 16.4 Å². The molecule has 0 saturated heterocycles. The number of nitrogens with zero attached hydrogens (tertiary/aromatic N) is 4. The Hall–Kier alpha value is -2.02. The molecule has 0 spiro atoms. The highest BCUT2D eigenvalue weighted by atomic mass is 32.1. The number of ether oxygens (including phenoxy) is 1. The smallest absolute Gasteiger partial charge is 0.105 e. The van der Waals surface area contributed by atoms with E-state index in [4.69, 9.17) is 4.74 Å². The van der Waals surface area contributed by atoms with Gasteiger partial charge >= 0.3 is 0 Å². The van der Waals surface area contributed by atoms with Crippen LogP contribution in [0.4, 0.5) is 0 Å². The summed E-state index contributed by atoms with van der Waals surface area (Å²) >= 11 is 1.87. The van der Waals surface area contributed by atoms with Crippen molar-refractivity contribution < 1.29 is 4.74 Å². The van der Waals surface area contributed by atoms with Gasteiger partial charge in [0.05, 0.1) is 24.9 Å². The number of hydrogen-bond acceptors (Lipinski definition) is 5. The summed E-state index contributed by atoms with van der Waals surface area (Å²) < 4.78 is 7.99. The molecule has 2 aromatic heterocycles. The summed E-state index contributed by atoms with van der Waals surface area (Å²) in [5.41, 5.74) is 3.50. The van der Waals surface area contributed by atoms with Gasteiger partial charge in [-0.2, -0.15) is 0 Å². The quantitative estimate of drug-likeness (QED) is 0.668.